The summed E-state index contributed by atoms with van der Waals surface area (Å²) in [6.45, 7) is 12.5. The number of hydrogen-bond donors (Lipinski definition) is 2. The Morgan fingerprint density at radius 1 is 0.889 bits per heavy atom. The fourth-order valence-electron chi connectivity index (χ4n) is 3.91. The van der Waals surface area contributed by atoms with Crippen molar-refractivity contribution >= 4 is 0 Å². The van der Waals surface area contributed by atoms with Gasteiger partial charge in [0.25, 0.3) is 11.8 Å². The molecule has 6 heteroatoms. The summed E-state index contributed by atoms with van der Waals surface area (Å²) in [6, 6.07) is 10.8. The lowest BCUT2D eigenvalue weighted by molar-refractivity contribution is -1.02. The van der Waals surface area contributed by atoms with Crippen LogP contribution in [0.15, 0.2) is 39.2 Å². The van der Waals surface area contributed by atoms with Crippen LogP contribution in [-0.2, 0) is 13.1 Å². The monoisotopic (exact) mass is 368 g/mol. The number of nitrogens with zero attached hydrogens (tertiary/aromatic N) is 2. The van der Waals surface area contributed by atoms with Gasteiger partial charge in [0.15, 0.2) is 6.54 Å². The summed E-state index contributed by atoms with van der Waals surface area (Å²) in [7, 11) is 0. The van der Waals surface area contributed by atoms with Crippen LogP contribution in [0.3, 0.4) is 0 Å². The number of nitrogens with one attached hydrogen (secondary N) is 2. The molecule has 0 saturated carbocycles. The summed E-state index contributed by atoms with van der Waals surface area (Å²) in [5, 5.41) is 8.46. The van der Waals surface area contributed by atoms with Gasteiger partial charge in [-0.15, -0.1) is 10.2 Å². The Hall–Kier alpha value is -2.44. The van der Waals surface area contributed by atoms with E-state index in [9.17, 15) is 0 Å². The van der Waals surface area contributed by atoms with Gasteiger partial charge < -0.3 is 18.6 Å². The number of furan rings is 1. The average Bonchev–Trinajstić information content (AvgIpc) is 3.22. The van der Waals surface area contributed by atoms with E-state index >= 15 is 0 Å². The van der Waals surface area contributed by atoms with E-state index in [1.165, 1.54) is 29.1 Å². The lowest BCUT2D eigenvalue weighted by Crippen LogP contribution is -3.27. The molecule has 4 rings (SSSR count). The van der Waals surface area contributed by atoms with Gasteiger partial charge in [0.1, 0.15) is 44.2 Å². The first-order valence-electron chi connectivity index (χ1n) is 9.69. The minimum absolute atomic E-state index is 0.558. The van der Waals surface area contributed by atoms with Crippen LogP contribution in [-0.4, -0.2) is 36.4 Å². The van der Waals surface area contributed by atoms with E-state index in [0.717, 1.165) is 43.3 Å². The molecular formula is C21H28N4O2+2. The van der Waals surface area contributed by atoms with Gasteiger partial charge in [-0.2, -0.15) is 0 Å². The highest BCUT2D eigenvalue weighted by Crippen LogP contribution is 2.25. The van der Waals surface area contributed by atoms with Crippen molar-refractivity contribution in [1.82, 2.24) is 10.2 Å². The van der Waals surface area contributed by atoms with Gasteiger partial charge in [0.2, 0.25) is 0 Å². The summed E-state index contributed by atoms with van der Waals surface area (Å²) in [5.74, 6) is 2.95. The molecule has 2 aromatic heterocycles. The van der Waals surface area contributed by atoms with Gasteiger partial charge in [0, 0.05) is 5.56 Å². The SMILES string of the molecule is Cc1cccc(C[NH+]2CC[NH+](Cc3nnc(-c4cc(C)oc4C)o3)CC2)c1. The van der Waals surface area contributed by atoms with Gasteiger partial charge in [-0.05, 0) is 26.8 Å². The van der Waals surface area contributed by atoms with Crippen LogP contribution in [0.4, 0.5) is 0 Å². The van der Waals surface area contributed by atoms with Crippen molar-refractivity contribution in [1.29, 1.82) is 0 Å². The van der Waals surface area contributed by atoms with Gasteiger partial charge >= 0.3 is 0 Å². The Labute approximate surface area is 159 Å². The molecule has 0 bridgehead atoms. The molecule has 6 nitrogen and oxygen atoms in total. The average molecular weight is 368 g/mol. The minimum Gasteiger partial charge on any atom is -0.466 e. The van der Waals surface area contributed by atoms with E-state index in [0.29, 0.717) is 11.8 Å². The number of aryl methyl sites for hydroxylation is 3. The standard InChI is InChI=1S/C21H26N4O2/c1-15-5-4-6-18(11-15)13-24-7-9-25(10-8-24)14-20-22-23-21(27-20)19-12-16(2)26-17(19)3/h4-6,11-12H,7-10,13-14H2,1-3H3/p+2. The summed E-state index contributed by atoms with van der Waals surface area (Å²) in [6.07, 6.45) is 0. The number of quaternary nitrogens is 2. The van der Waals surface area contributed by atoms with Crippen LogP contribution in [0, 0.1) is 20.8 Å². The minimum atomic E-state index is 0.558. The van der Waals surface area contributed by atoms with Crippen molar-refractivity contribution < 1.29 is 18.6 Å². The zero-order valence-corrected chi connectivity index (χ0v) is 16.3. The highest BCUT2D eigenvalue weighted by Gasteiger charge is 2.25. The van der Waals surface area contributed by atoms with E-state index in [2.05, 4.69) is 41.4 Å². The van der Waals surface area contributed by atoms with Crippen molar-refractivity contribution in [2.45, 2.75) is 33.9 Å². The zero-order chi connectivity index (χ0) is 18.8. The van der Waals surface area contributed by atoms with Crippen molar-refractivity contribution in [2.75, 3.05) is 26.2 Å². The first-order valence-corrected chi connectivity index (χ1v) is 9.69. The summed E-state index contributed by atoms with van der Waals surface area (Å²) >= 11 is 0. The molecule has 3 heterocycles. The molecule has 0 spiro atoms. The van der Waals surface area contributed by atoms with Crippen LogP contribution >= 0.6 is 0 Å². The van der Waals surface area contributed by atoms with Crippen LogP contribution < -0.4 is 9.80 Å². The highest BCUT2D eigenvalue weighted by molar-refractivity contribution is 5.55. The van der Waals surface area contributed by atoms with Gasteiger partial charge in [-0.1, -0.05) is 29.8 Å². The fraction of sp³-hybridized carbons (Fsp3) is 0.429. The first kappa shape index (κ1) is 17.9. The van der Waals surface area contributed by atoms with Crippen LogP contribution in [0.25, 0.3) is 11.5 Å². The second-order valence-corrected chi connectivity index (χ2v) is 7.67. The van der Waals surface area contributed by atoms with Gasteiger partial charge in [-0.25, -0.2) is 0 Å². The number of piperazine rings is 1. The molecule has 0 radical (unpaired) electrons. The van der Waals surface area contributed by atoms with Gasteiger partial charge in [0.05, 0.1) is 5.56 Å². The molecular weight excluding hydrogens is 340 g/mol. The summed E-state index contributed by atoms with van der Waals surface area (Å²) in [4.78, 5) is 3.17. The van der Waals surface area contributed by atoms with E-state index in [4.69, 9.17) is 8.83 Å². The Morgan fingerprint density at radius 2 is 1.63 bits per heavy atom. The molecule has 0 atom stereocenters. The Balaban J connectivity index is 1.31. The topological polar surface area (TPSA) is 60.9 Å². The van der Waals surface area contributed by atoms with Crippen LogP contribution in [0.1, 0.15) is 28.5 Å². The predicted octanol–water partition coefficient (Wildman–Crippen LogP) is 0.738. The number of rotatable bonds is 5. The van der Waals surface area contributed by atoms with E-state index in [-0.39, 0.29) is 0 Å². The largest absolute Gasteiger partial charge is 0.466 e. The normalized spacial score (nSPS) is 20.1. The Morgan fingerprint density at radius 3 is 2.30 bits per heavy atom. The smallest absolute Gasteiger partial charge is 0.271 e. The molecule has 1 fully saturated rings. The van der Waals surface area contributed by atoms with Crippen molar-refractivity contribution in [2.24, 2.45) is 0 Å². The number of aromatic nitrogens is 2. The third kappa shape index (κ3) is 4.28. The number of hydrogen-bond acceptors (Lipinski definition) is 4. The third-order valence-electron chi connectivity index (χ3n) is 5.34. The highest BCUT2D eigenvalue weighted by atomic mass is 16.4. The summed E-state index contributed by atoms with van der Waals surface area (Å²) < 4.78 is 11.5. The molecule has 142 valence electrons. The molecule has 0 aliphatic carbocycles. The molecule has 27 heavy (non-hydrogen) atoms. The Kier molecular flexibility index (Phi) is 5.09. The van der Waals surface area contributed by atoms with E-state index in [1.807, 2.05) is 19.9 Å². The fourth-order valence-corrected chi connectivity index (χ4v) is 3.91. The zero-order valence-electron chi connectivity index (χ0n) is 16.3. The summed E-state index contributed by atoms with van der Waals surface area (Å²) in [5.41, 5.74) is 3.67. The second-order valence-electron chi connectivity index (χ2n) is 7.67. The first-order chi connectivity index (χ1) is 13.1. The molecule has 2 N–H and O–H groups in total. The van der Waals surface area contributed by atoms with Crippen molar-refractivity contribution in [3.63, 3.8) is 0 Å². The van der Waals surface area contributed by atoms with E-state index in [1.54, 1.807) is 4.90 Å². The maximum absolute atomic E-state index is 5.89. The molecule has 0 amide bonds. The van der Waals surface area contributed by atoms with Crippen molar-refractivity contribution in [3.05, 3.63) is 58.9 Å². The quantitative estimate of drug-likeness (QED) is 0.697. The van der Waals surface area contributed by atoms with Crippen molar-refractivity contribution in [3.8, 4) is 11.5 Å². The molecule has 1 aromatic carbocycles. The number of benzene rings is 1. The van der Waals surface area contributed by atoms with Gasteiger partial charge in [-0.3, -0.25) is 0 Å². The lowest BCUT2D eigenvalue weighted by Gasteiger charge is -2.29. The lowest BCUT2D eigenvalue weighted by atomic mass is 10.1. The predicted molar refractivity (Wildman–Crippen MR) is 101 cm³/mol. The maximum Gasteiger partial charge on any atom is 0.271 e. The van der Waals surface area contributed by atoms with Crippen LogP contribution in [0.5, 0.6) is 0 Å². The second kappa shape index (κ2) is 7.66. The molecule has 3 aromatic rings. The van der Waals surface area contributed by atoms with Crippen LogP contribution in [0.2, 0.25) is 0 Å². The maximum atomic E-state index is 5.89. The molecule has 1 aliphatic heterocycles. The Bertz CT molecular complexity index is 907. The van der Waals surface area contributed by atoms with E-state index < -0.39 is 0 Å². The molecule has 1 aliphatic rings. The molecule has 1 saturated heterocycles. The molecule has 0 unspecified atom stereocenters. The third-order valence-corrected chi connectivity index (χ3v) is 5.34.